The van der Waals surface area contributed by atoms with E-state index in [1.54, 1.807) is 17.0 Å². The van der Waals surface area contributed by atoms with E-state index < -0.39 is 9.84 Å². The number of rotatable bonds is 8. The summed E-state index contributed by atoms with van der Waals surface area (Å²) in [4.78, 5) is 22.3. The lowest BCUT2D eigenvalue weighted by atomic mass is 10.1. The highest BCUT2D eigenvalue weighted by molar-refractivity contribution is 7.90. The number of aromatic nitrogens is 1. The maximum absolute atomic E-state index is 13.5. The second-order valence-electron chi connectivity index (χ2n) is 7.68. The smallest absolute Gasteiger partial charge is 0.260 e. The van der Waals surface area contributed by atoms with E-state index in [-0.39, 0.29) is 23.2 Å². The first-order valence-corrected chi connectivity index (χ1v) is 13.1. The van der Waals surface area contributed by atoms with E-state index in [1.165, 1.54) is 29.0 Å². The Morgan fingerprint density at radius 3 is 2.31 bits per heavy atom. The molecule has 0 N–H and O–H groups in total. The third kappa shape index (κ3) is 5.86. The molecular weight excluding hydrogens is 466 g/mol. The Balaban J connectivity index is 0.00000363. The summed E-state index contributed by atoms with van der Waals surface area (Å²) in [5.41, 5.74) is 3.55. The van der Waals surface area contributed by atoms with E-state index in [4.69, 9.17) is 4.98 Å². The zero-order valence-electron chi connectivity index (χ0n) is 19.1. The Bertz CT molecular complexity index is 1170. The highest BCUT2D eigenvalue weighted by Gasteiger charge is 2.23. The molecular formula is C23H30ClN3O3S2. The van der Waals surface area contributed by atoms with E-state index >= 15 is 0 Å². The Labute approximate surface area is 200 Å². The quantitative estimate of drug-likeness (QED) is 0.452. The number of hydrogen-bond donors (Lipinski definition) is 0. The highest BCUT2D eigenvalue weighted by atomic mass is 35.5. The Morgan fingerprint density at radius 2 is 1.69 bits per heavy atom. The molecule has 3 rings (SSSR count). The summed E-state index contributed by atoms with van der Waals surface area (Å²) in [5, 5.41) is 0.627. The number of amides is 1. The Morgan fingerprint density at radius 1 is 1.03 bits per heavy atom. The third-order valence-corrected chi connectivity index (χ3v) is 7.66. The van der Waals surface area contributed by atoms with Gasteiger partial charge >= 0.3 is 0 Å². The first-order chi connectivity index (χ1) is 14.6. The number of carbonyl (C=O) groups excluding carboxylic acids is 1. The van der Waals surface area contributed by atoms with Crippen LogP contribution in [0.1, 0.15) is 35.3 Å². The minimum absolute atomic E-state index is 0. The normalized spacial score (nSPS) is 11.6. The number of halogens is 1. The summed E-state index contributed by atoms with van der Waals surface area (Å²) in [6.45, 7) is 11.3. The second-order valence-corrected chi connectivity index (χ2v) is 10.7. The van der Waals surface area contributed by atoms with Gasteiger partial charge in [0.15, 0.2) is 15.0 Å². The lowest BCUT2D eigenvalue weighted by molar-refractivity contribution is 0.0983. The molecule has 0 bridgehead atoms. The van der Waals surface area contributed by atoms with Gasteiger partial charge in [-0.3, -0.25) is 9.69 Å². The molecule has 1 aromatic heterocycles. The number of hydrogen-bond acceptors (Lipinski definition) is 6. The first kappa shape index (κ1) is 26.3. The molecule has 1 amide bonds. The topological polar surface area (TPSA) is 70.6 Å². The Hall–Kier alpha value is -2.00. The van der Waals surface area contributed by atoms with E-state index in [0.717, 1.165) is 35.1 Å². The average Bonchev–Trinajstić information content (AvgIpc) is 3.13. The molecule has 0 saturated heterocycles. The molecule has 0 aliphatic heterocycles. The summed E-state index contributed by atoms with van der Waals surface area (Å²) in [6.07, 6.45) is 1.15. The molecule has 0 unspecified atom stereocenters. The van der Waals surface area contributed by atoms with Gasteiger partial charge in [-0.25, -0.2) is 13.4 Å². The molecule has 9 heteroatoms. The molecule has 0 aliphatic rings. The predicted octanol–water partition coefficient (Wildman–Crippen LogP) is 4.73. The summed E-state index contributed by atoms with van der Waals surface area (Å²) in [5.74, 6) is -0.245. The third-order valence-electron chi connectivity index (χ3n) is 5.51. The van der Waals surface area contributed by atoms with Gasteiger partial charge in [0.25, 0.3) is 5.91 Å². The van der Waals surface area contributed by atoms with Crippen molar-refractivity contribution in [1.82, 2.24) is 9.88 Å². The van der Waals surface area contributed by atoms with Crippen molar-refractivity contribution in [3.05, 3.63) is 53.1 Å². The van der Waals surface area contributed by atoms with Gasteiger partial charge in [-0.2, -0.15) is 0 Å². The molecule has 3 aromatic rings. The fraction of sp³-hybridized carbons (Fsp3) is 0.391. The highest BCUT2D eigenvalue weighted by Crippen LogP contribution is 2.31. The number of carbonyl (C=O) groups is 1. The number of likely N-dealkylation sites (N-methyl/N-ethyl adjacent to an activating group) is 1. The van der Waals surface area contributed by atoms with Crippen LogP contribution in [0, 0.1) is 13.8 Å². The van der Waals surface area contributed by atoms with E-state index in [2.05, 4.69) is 31.7 Å². The van der Waals surface area contributed by atoms with Crippen molar-refractivity contribution in [2.75, 3.05) is 37.3 Å². The van der Waals surface area contributed by atoms with Crippen LogP contribution < -0.4 is 4.90 Å². The molecule has 0 atom stereocenters. The molecule has 1 heterocycles. The SMILES string of the molecule is CCN(CC)CCN(C(=O)c1cccc(S(C)(=O)=O)c1)c1nc2cc(C)c(C)cc2s1.Cl. The summed E-state index contributed by atoms with van der Waals surface area (Å²) in [6, 6.07) is 10.4. The standard InChI is InChI=1S/C23H29N3O3S2.ClH/c1-6-25(7-2)11-12-26(22(27)18-9-8-10-19(15-18)31(5,28)29)23-24-20-13-16(3)17(4)14-21(20)30-23;/h8-10,13-15H,6-7,11-12H2,1-5H3;1H. The van der Waals surface area contributed by atoms with Gasteiger partial charge in [0.2, 0.25) is 0 Å². The van der Waals surface area contributed by atoms with Crippen molar-refractivity contribution in [3.8, 4) is 0 Å². The zero-order chi connectivity index (χ0) is 22.8. The summed E-state index contributed by atoms with van der Waals surface area (Å²) < 4.78 is 25.0. The maximum Gasteiger partial charge on any atom is 0.260 e. The van der Waals surface area contributed by atoms with Crippen LogP contribution in [0.2, 0.25) is 0 Å². The van der Waals surface area contributed by atoms with Crippen LogP contribution in [0.4, 0.5) is 5.13 Å². The molecule has 32 heavy (non-hydrogen) atoms. The van der Waals surface area contributed by atoms with Crippen molar-refractivity contribution in [3.63, 3.8) is 0 Å². The van der Waals surface area contributed by atoms with Crippen LogP contribution in [-0.4, -0.2) is 56.6 Å². The van der Waals surface area contributed by atoms with Crippen molar-refractivity contribution in [1.29, 1.82) is 0 Å². The molecule has 0 radical (unpaired) electrons. The number of fused-ring (bicyclic) bond motifs is 1. The molecule has 2 aromatic carbocycles. The lowest BCUT2D eigenvalue weighted by Gasteiger charge is -2.24. The van der Waals surface area contributed by atoms with Crippen LogP contribution in [0.15, 0.2) is 41.3 Å². The first-order valence-electron chi connectivity index (χ1n) is 10.4. The zero-order valence-corrected chi connectivity index (χ0v) is 21.5. The number of anilines is 1. The minimum atomic E-state index is -3.40. The van der Waals surface area contributed by atoms with E-state index in [1.807, 2.05) is 13.0 Å². The van der Waals surface area contributed by atoms with Crippen LogP contribution in [0.3, 0.4) is 0 Å². The van der Waals surface area contributed by atoms with Gasteiger partial charge < -0.3 is 4.90 Å². The second kappa shape index (κ2) is 10.7. The predicted molar refractivity (Wildman–Crippen MR) is 135 cm³/mol. The van der Waals surface area contributed by atoms with Gasteiger partial charge in [-0.15, -0.1) is 12.4 Å². The fourth-order valence-electron chi connectivity index (χ4n) is 3.36. The molecule has 174 valence electrons. The van der Waals surface area contributed by atoms with Crippen molar-refractivity contribution in [2.45, 2.75) is 32.6 Å². The van der Waals surface area contributed by atoms with Gasteiger partial charge in [0.05, 0.1) is 15.1 Å². The average molecular weight is 496 g/mol. The Kier molecular flexibility index (Phi) is 8.82. The van der Waals surface area contributed by atoms with E-state index in [9.17, 15) is 13.2 Å². The monoisotopic (exact) mass is 495 g/mol. The number of nitrogens with zero attached hydrogens (tertiary/aromatic N) is 3. The van der Waals surface area contributed by atoms with Gasteiger partial charge in [-0.05, 0) is 68.4 Å². The molecule has 6 nitrogen and oxygen atoms in total. The molecule has 0 spiro atoms. The summed E-state index contributed by atoms with van der Waals surface area (Å²) in [7, 11) is -3.40. The van der Waals surface area contributed by atoms with Crippen molar-refractivity contribution >= 4 is 54.8 Å². The number of thiazole rings is 1. The number of sulfone groups is 1. The van der Waals surface area contributed by atoms with Crippen LogP contribution >= 0.6 is 23.7 Å². The van der Waals surface area contributed by atoms with Gasteiger partial charge in [0.1, 0.15) is 0 Å². The summed E-state index contributed by atoms with van der Waals surface area (Å²) >= 11 is 1.49. The van der Waals surface area contributed by atoms with E-state index in [0.29, 0.717) is 23.8 Å². The largest absolute Gasteiger partial charge is 0.302 e. The molecule has 0 aliphatic carbocycles. The van der Waals surface area contributed by atoms with Crippen molar-refractivity contribution in [2.24, 2.45) is 0 Å². The number of benzene rings is 2. The van der Waals surface area contributed by atoms with Gasteiger partial charge in [-0.1, -0.05) is 31.3 Å². The van der Waals surface area contributed by atoms with Crippen LogP contribution in [0.25, 0.3) is 10.2 Å². The van der Waals surface area contributed by atoms with Crippen LogP contribution in [-0.2, 0) is 9.84 Å². The van der Waals surface area contributed by atoms with Crippen LogP contribution in [0.5, 0.6) is 0 Å². The van der Waals surface area contributed by atoms with Crippen molar-refractivity contribution < 1.29 is 13.2 Å². The minimum Gasteiger partial charge on any atom is -0.302 e. The van der Waals surface area contributed by atoms with Gasteiger partial charge in [0, 0.05) is 24.9 Å². The molecule has 0 saturated carbocycles. The maximum atomic E-state index is 13.5. The number of aryl methyl sites for hydroxylation is 2. The molecule has 0 fully saturated rings. The lowest BCUT2D eigenvalue weighted by Crippen LogP contribution is -2.38. The fourth-order valence-corrected chi connectivity index (χ4v) is 5.10.